The molecule has 2 fully saturated rings. The lowest BCUT2D eigenvalue weighted by molar-refractivity contribution is -0.147. The molecule has 0 aromatic carbocycles. The largest absolute Gasteiger partial charge is 0.375 e. The smallest absolute Gasteiger partial charge is 0.0685 e. The lowest BCUT2D eigenvalue weighted by Gasteiger charge is -2.48. The molecule has 112 valence electrons. The molecule has 1 aliphatic heterocycles. The first-order valence-electron chi connectivity index (χ1n) is 8.15. The highest BCUT2D eigenvalue weighted by atomic mass is 32.1. The fraction of sp³-hybridized carbons (Fsp3) is 0.765. The number of hydrogen-bond donors (Lipinski definition) is 1. The van der Waals surface area contributed by atoms with Crippen molar-refractivity contribution in [2.24, 2.45) is 5.92 Å². The van der Waals surface area contributed by atoms with Crippen LogP contribution in [0, 0.1) is 5.92 Å². The second-order valence-corrected chi connectivity index (χ2v) is 7.54. The van der Waals surface area contributed by atoms with Gasteiger partial charge in [-0.3, -0.25) is 0 Å². The lowest BCUT2D eigenvalue weighted by atomic mass is 9.70. The van der Waals surface area contributed by atoms with Gasteiger partial charge in [-0.2, -0.15) is 0 Å². The number of aryl methyl sites for hydroxylation is 1. The summed E-state index contributed by atoms with van der Waals surface area (Å²) in [6.07, 6.45) is 10.3. The van der Waals surface area contributed by atoms with E-state index in [0.29, 0.717) is 6.04 Å². The van der Waals surface area contributed by atoms with Gasteiger partial charge in [0.25, 0.3) is 0 Å². The molecular weight excluding hydrogens is 266 g/mol. The number of ether oxygens (including phenoxy) is 1. The Bertz CT molecular complexity index is 399. The summed E-state index contributed by atoms with van der Waals surface area (Å²) in [6.45, 7) is 0.980. The second kappa shape index (κ2) is 6.59. The minimum atomic E-state index is 0.284. The van der Waals surface area contributed by atoms with E-state index in [1.165, 1.54) is 56.2 Å². The average molecular weight is 293 g/mol. The van der Waals surface area contributed by atoms with E-state index in [1.54, 1.807) is 0 Å². The monoisotopic (exact) mass is 293 g/mol. The van der Waals surface area contributed by atoms with Gasteiger partial charge in [-0.05, 0) is 75.8 Å². The second-order valence-electron chi connectivity index (χ2n) is 6.50. The molecule has 2 nitrogen and oxygen atoms in total. The van der Waals surface area contributed by atoms with E-state index in [1.807, 2.05) is 11.3 Å². The van der Waals surface area contributed by atoms with Crippen LogP contribution >= 0.6 is 11.3 Å². The minimum absolute atomic E-state index is 0.284. The normalized spacial score (nSPS) is 26.4. The lowest BCUT2D eigenvalue weighted by Crippen LogP contribution is -2.49. The molecule has 1 N–H and O–H groups in total. The van der Waals surface area contributed by atoms with Crippen molar-refractivity contribution in [3.63, 3.8) is 0 Å². The predicted octanol–water partition coefficient (Wildman–Crippen LogP) is 4.01. The molecule has 2 aliphatic rings. The van der Waals surface area contributed by atoms with E-state index < -0.39 is 0 Å². The van der Waals surface area contributed by atoms with Crippen molar-refractivity contribution >= 4 is 11.3 Å². The van der Waals surface area contributed by atoms with Crippen LogP contribution in [0.5, 0.6) is 0 Å². The van der Waals surface area contributed by atoms with Gasteiger partial charge in [0.2, 0.25) is 0 Å². The molecule has 0 amide bonds. The Morgan fingerprint density at radius 2 is 2.40 bits per heavy atom. The summed E-state index contributed by atoms with van der Waals surface area (Å²) in [4.78, 5) is 1.53. The molecule has 20 heavy (non-hydrogen) atoms. The SMILES string of the molecule is CNC(CCCc1cccs1)C1CCOC2(CCC2)C1. The summed E-state index contributed by atoms with van der Waals surface area (Å²) < 4.78 is 6.06. The standard InChI is InChI=1S/C17H27NOS/c1-18-16(7-2-5-15-6-3-12-20-15)14-8-11-19-17(13-14)9-4-10-17/h3,6,12,14,16,18H,2,4-5,7-11,13H2,1H3. The molecular formula is C17H27NOS. The van der Waals surface area contributed by atoms with E-state index in [0.717, 1.165) is 12.5 Å². The van der Waals surface area contributed by atoms with Crippen LogP contribution in [0.1, 0.15) is 49.8 Å². The van der Waals surface area contributed by atoms with Crippen LogP contribution in [0.4, 0.5) is 0 Å². The first kappa shape index (κ1) is 14.6. The third-order valence-corrected chi connectivity index (χ3v) is 6.19. The number of thiophene rings is 1. The van der Waals surface area contributed by atoms with Crippen LogP contribution in [0.2, 0.25) is 0 Å². The zero-order valence-corrected chi connectivity index (χ0v) is 13.4. The summed E-state index contributed by atoms with van der Waals surface area (Å²) in [5.74, 6) is 0.817. The molecule has 1 saturated heterocycles. The highest BCUT2D eigenvalue weighted by molar-refractivity contribution is 7.09. The van der Waals surface area contributed by atoms with E-state index in [2.05, 4.69) is 29.9 Å². The van der Waals surface area contributed by atoms with Gasteiger partial charge in [-0.25, -0.2) is 0 Å². The molecule has 2 atom stereocenters. The van der Waals surface area contributed by atoms with Crippen LogP contribution in [0.15, 0.2) is 17.5 Å². The van der Waals surface area contributed by atoms with Crippen molar-refractivity contribution in [1.29, 1.82) is 0 Å². The fourth-order valence-corrected chi connectivity index (χ4v) is 4.65. The Hall–Kier alpha value is -0.380. The summed E-state index contributed by atoms with van der Waals surface area (Å²) >= 11 is 1.89. The number of nitrogens with one attached hydrogen (secondary N) is 1. The predicted molar refractivity (Wildman–Crippen MR) is 85.4 cm³/mol. The van der Waals surface area contributed by atoms with Crippen molar-refractivity contribution in [1.82, 2.24) is 5.32 Å². The quantitative estimate of drug-likeness (QED) is 0.855. The molecule has 1 spiro atoms. The van der Waals surface area contributed by atoms with Gasteiger partial charge in [0.05, 0.1) is 5.60 Å². The maximum absolute atomic E-state index is 6.06. The number of hydrogen-bond acceptors (Lipinski definition) is 3. The molecule has 1 aromatic rings. The van der Waals surface area contributed by atoms with E-state index in [4.69, 9.17) is 4.74 Å². The molecule has 0 radical (unpaired) electrons. The molecule has 1 aliphatic carbocycles. The topological polar surface area (TPSA) is 21.3 Å². The average Bonchev–Trinajstić information content (AvgIpc) is 2.95. The summed E-state index contributed by atoms with van der Waals surface area (Å²) in [7, 11) is 2.14. The van der Waals surface area contributed by atoms with Crippen LogP contribution in [0.25, 0.3) is 0 Å². The number of rotatable bonds is 6. The fourth-order valence-electron chi connectivity index (χ4n) is 3.90. The van der Waals surface area contributed by atoms with Gasteiger partial charge in [-0.1, -0.05) is 6.07 Å². The summed E-state index contributed by atoms with van der Waals surface area (Å²) in [6, 6.07) is 5.10. The van der Waals surface area contributed by atoms with Crippen LogP contribution in [0.3, 0.4) is 0 Å². The maximum Gasteiger partial charge on any atom is 0.0685 e. The molecule has 3 rings (SSSR count). The molecule has 3 heteroatoms. The summed E-state index contributed by atoms with van der Waals surface area (Å²) in [5.41, 5.74) is 0.284. The van der Waals surface area contributed by atoms with Crippen LogP contribution < -0.4 is 5.32 Å². The Balaban J connectivity index is 1.48. The van der Waals surface area contributed by atoms with Gasteiger partial charge < -0.3 is 10.1 Å². The van der Waals surface area contributed by atoms with E-state index in [9.17, 15) is 0 Å². The Labute approximate surface area is 126 Å². The molecule has 1 saturated carbocycles. The zero-order valence-electron chi connectivity index (χ0n) is 12.6. The van der Waals surface area contributed by atoms with Crippen molar-refractivity contribution in [2.45, 2.75) is 63.0 Å². The molecule has 2 unspecified atom stereocenters. The van der Waals surface area contributed by atoms with E-state index >= 15 is 0 Å². The minimum Gasteiger partial charge on any atom is -0.375 e. The van der Waals surface area contributed by atoms with Gasteiger partial charge in [0.15, 0.2) is 0 Å². The van der Waals surface area contributed by atoms with Crippen molar-refractivity contribution in [3.05, 3.63) is 22.4 Å². The Morgan fingerprint density at radius 1 is 1.50 bits per heavy atom. The summed E-state index contributed by atoms with van der Waals surface area (Å²) in [5, 5.41) is 5.77. The van der Waals surface area contributed by atoms with Crippen molar-refractivity contribution in [2.75, 3.05) is 13.7 Å². The van der Waals surface area contributed by atoms with Crippen molar-refractivity contribution < 1.29 is 4.74 Å². The Morgan fingerprint density at radius 3 is 3.05 bits per heavy atom. The molecule has 1 aromatic heterocycles. The highest BCUT2D eigenvalue weighted by Gasteiger charge is 2.43. The van der Waals surface area contributed by atoms with Crippen molar-refractivity contribution in [3.8, 4) is 0 Å². The van der Waals surface area contributed by atoms with Crippen LogP contribution in [-0.4, -0.2) is 25.3 Å². The Kier molecular flexibility index (Phi) is 4.79. The maximum atomic E-state index is 6.06. The highest BCUT2D eigenvalue weighted by Crippen LogP contribution is 2.45. The first-order chi connectivity index (χ1) is 9.81. The zero-order chi connectivity index (χ0) is 13.8. The van der Waals surface area contributed by atoms with Gasteiger partial charge in [0.1, 0.15) is 0 Å². The van der Waals surface area contributed by atoms with Gasteiger partial charge in [0, 0.05) is 17.5 Å². The third kappa shape index (κ3) is 3.26. The van der Waals surface area contributed by atoms with Gasteiger partial charge in [-0.15, -0.1) is 11.3 Å². The van der Waals surface area contributed by atoms with Gasteiger partial charge >= 0.3 is 0 Å². The van der Waals surface area contributed by atoms with E-state index in [-0.39, 0.29) is 5.60 Å². The first-order valence-corrected chi connectivity index (χ1v) is 9.03. The molecule has 0 bridgehead atoms. The third-order valence-electron chi connectivity index (χ3n) is 5.25. The molecule has 2 heterocycles. The van der Waals surface area contributed by atoms with Crippen LogP contribution in [-0.2, 0) is 11.2 Å².